The molecule has 2 aliphatic rings. The molecule has 0 aromatic heterocycles. The van der Waals surface area contributed by atoms with Crippen molar-refractivity contribution in [1.29, 1.82) is 0 Å². The van der Waals surface area contributed by atoms with Crippen LogP contribution in [0.25, 0.3) is 0 Å². The number of nitrogens with zero attached hydrogens (tertiary/aromatic N) is 1. The van der Waals surface area contributed by atoms with Gasteiger partial charge in [-0.15, -0.1) is 0 Å². The molecule has 1 N–H and O–H groups in total. The molecule has 1 saturated carbocycles. The van der Waals surface area contributed by atoms with E-state index in [1.165, 1.54) is 35.7 Å². The van der Waals surface area contributed by atoms with Crippen LogP contribution in [0.15, 0.2) is 47.4 Å². The number of ether oxygens (including phenoxy) is 1. The highest BCUT2D eigenvalue weighted by Gasteiger charge is 2.40. The van der Waals surface area contributed by atoms with Gasteiger partial charge in [0.2, 0.25) is 10.0 Å². The Kier molecular flexibility index (Phi) is 6.27. The normalized spacial score (nSPS) is 20.9. The third-order valence-corrected chi connectivity index (χ3v) is 8.75. The fourth-order valence-corrected chi connectivity index (χ4v) is 6.53. The predicted molar refractivity (Wildman–Crippen MR) is 120 cm³/mol. The molecule has 4 rings (SSSR count). The van der Waals surface area contributed by atoms with Gasteiger partial charge in [-0.2, -0.15) is 4.31 Å². The number of methoxy groups -OCH3 is 1. The predicted octanol–water partition coefficient (Wildman–Crippen LogP) is 4.21. The van der Waals surface area contributed by atoms with Crippen molar-refractivity contribution in [2.24, 2.45) is 0 Å². The Morgan fingerprint density at radius 3 is 2.44 bits per heavy atom. The van der Waals surface area contributed by atoms with E-state index in [1.807, 2.05) is 6.92 Å². The summed E-state index contributed by atoms with van der Waals surface area (Å²) in [7, 11) is -2.39. The highest BCUT2D eigenvalue weighted by atomic mass is 32.2. The van der Waals surface area contributed by atoms with Crippen molar-refractivity contribution < 1.29 is 22.3 Å². The maximum Gasteiger partial charge on any atom is 0.252 e. The molecule has 6 nitrogen and oxygen atoms in total. The van der Waals surface area contributed by atoms with Gasteiger partial charge in [0.05, 0.1) is 12.6 Å². The Morgan fingerprint density at radius 1 is 1.12 bits per heavy atom. The van der Waals surface area contributed by atoms with Gasteiger partial charge in [-0.25, -0.2) is 12.8 Å². The second kappa shape index (κ2) is 8.83. The summed E-state index contributed by atoms with van der Waals surface area (Å²) in [4.78, 5) is 13.2. The number of benzene rings is 2. The molecule has 1 amide bonds. The number of carbonyl (C=O) groups is 1. The SMILES string of the molecule is COc1ccc(C(=O)NC2(c3ccc(F)cc3)CCC2)cc1S(=O)(=O)N1CCCCC1C. The maximum atomic E-state index is 13.4. The summed E-state index contributed by atoms with van der Waals surface area (Å²) in [5.41, 5.74) is 0.537. The first-order valence-corrected chi connectivity index (χ1v) is 12.5. The zero-order valence-electron chi connectivity index (χ0n) is 18.4. The van der Waals surface area contributed by atoms with E-state index >= 15 is 0 Å². The lowest BCUT2D eigenvalue weighted by Gasteiger charge is -2.43. The first kappa shape index (κ1) is 22.7. The lowest BCUT2D eigenvalue weighted by Crippen LogP contribution is -2.50. The molecule has 1 heterocycles. The molecule has 0 spiro atoms. The van der Waals surface area contributed by atoms with E-state index in [-0.39, 0.29) is 34.0 Å². The molecule has 1 saturated heterocycles. The van der Waals surface area contributed by atoms with Crippen molar-refractivity contribution in [3.8, 4) is 5.75 Å². The monoisotopic (exact) mass is 460 g/mol. The molecular weight excluding hydrogens is 431 g/mol. The molecule has 2 aromatic rings. The number of halogens is 1. The number of amides is 1. The highest BCUT2D eigenvalue weighted by Crippen LogP contribution is 2.41. The van der Waals surface area contributed by atoms with E-state index in [4.69, 9.17) is 4.74 Å². The minimum atomic E-state index is -3.82. The largest absolute Gasteiger partial charge is 0.495 e. The molecule has 1 atom stereocenters. The van der Waals surface area contributed by atoms with Gasteiger partial charge in [0.1, 0.15) is 16.5 Å². The van der Waals surface area contributed by atoms with E-state index < -0.39 is 15.6 Å². The van der Waals surface area contributed by atoms with Crippen LogP contribution in [0.5, 0.6) is 5.75 Å². The number of carbonyl (C=O) groups excluding carboxylic acids is 1. The van der Waals surface area contributed by atoms with E-state index in [1.54, 1.807) is 18.2 Å². The Bertz CT molecular complexity index is 1100. The van der Waals surface area contributed by atoms with Gasteiger partial charge in [-0.05, 0) is 74.9 Å². The summed E-state index contributed by atoms with van der Waals surface area (Å²) >= 11 is 0. The number of sulfonamides is 1. The van der Waals surface area contributed by atoms with E-state index in [2.05, 4.69) is 5.32 Å². The molecule has 0 radical (unpaired) electrons. The average Bonchev–Trinajstić information content (AvgIpc) is 2.76. The molecular formula is C24H29FN2O4S. The summed E-state index contributed by atoms with van der Waals surface area (Å²) in [6, 6.07) is 10.6. The van der Waals surface area contributed by atoms with Crippen molar-refractivity contribution in [1.82, 2.24) is 9.62 Å². The average molecular weight is 461 g/mol. The van der Waals surface area contributed by atoms with Gasteiger partial charge in [0, 0.05) is 18.2 Å². The number of hydrogen-bond donors (Lipinski definition) is 1. The van der Waals surface area contributed by atoms with Crippen LogP contribution in [-0.4, -0.2) is 38.3 Å². The lowest BCUT2D eigenvalue weighted by molar-refractivity contribution is 0.0823. The first-order chi connectivity index (χ1) is 15.3. The van der Waals surface area contributed by atoms with E-state index in [0.717, 1.165) is 44.1 Å². The fourth-order valence-electron chi connectivity index (χ4n) is 4.65. The first-order valence-electron chi connectivity index (χ1n) is 11.1. The summed E-state index contributed by atoms with van der Waals surface area (Å²) < 4.78 is 47.1. The Balaban J connectivity index is 1.64. The van der Waals surface area contributed by atoms with E-state index in [0.29, 0.717) is 6.54 Å². The molecule has 172 valence electrons. The molecule has 1 aliphatic heterocycles. The Morgan fingerprint density at radius 2 is 1.84 bits per heavy atom. The van der Waals surface area contributed by atoms with Gasteiger partial charge in [-0.3, -0.25) is 4.79 Å². The smallest absolute Gasteiger partial charge is 0.252 e. The van der Waals surface area contributed by atoms with Gasteiger partial charge in [-0.1, -0.05) is 18.6 Å². The number of piperidine rings is 1. The van der Waals surface area contributed by atoms with Crippen LogP contribution in [0.2, 0.25) is 0 Å². The summed E-state index contributed by atoms with van der Waals surface area (Å²) in [6.07, 6.45) is 5.06. The van der Waals surface area contributed by atoms with Crippen LogP contribution in [0.1, 0.15) is 61.4 Å². The summed E-state index contributed by atoms with van der Waals surface area (Å²) in [5, 5.41) is 3.08. The van der Waals surface area contributed by atoms with Gasteiger partial charge >= 0.3 is 0 Å². The molecule has 0 bridgehead atoms. The maximum absolute atomic E-state index is 13.4. The second-order valence-corrected chi connectivity index (χ2v) is 10.6. The summed E-state index contributed by atoms with van der Waals surface area (Å²) in [6.45, 7) is 2.36. The van der Waals surface area contributed by atoms with Crippen molar-refractivity contribution in [3.63, 3.8) is 0 Å². The molecule has 1 unspecified atom stereocenters. The van der Waals surface area contributed by atoms with Crippen molar-refractivity contribution in [2.75, 3.05) is 13.7 Å². The molecule has 1 aliphatic carbocycles. The zero-order valence-corrected chi connectivity index (χ0v) is 19.3. The Hall–Kier alpha value is -2.45. The number of hydrogen-bond acceptors (Lipinski definition) is 4. The standard InChI is InChI=1S/C24H29FN2O4S/c1-17-6-3-4-15-27(17)32(29,30)22-16-18(7-12-21(22)31-2)23(28)26-24(13-5-14-24)19-8-10-20(25)11-9-19/h7-12,16-17H,3-6,13-15H2,1-2H3,(H,26,28). The molecule has 32 heavy (non-hydrogen) atoms. The molecule has 2 aromatic carbocycles. The topological polar surface area (TPSA) is 75.7 Å². The fraction of sp³-hybridized carbons (Fsp3) is 0.458. The zero-order chi connectivity index (χ0) is 22.9. The minimum Gasteiger partial charge on any atom is -0.495 e. The van der Waals surface area contributed by atoms with Crippen LogP contribution < -0.4 is 10.1 Å². The van der Waals surface area contributed by atoms with Crippen LogP contribution >= 0.6 is 0 Å². The van der Waals surface area contributed by atoms with Crippen LogP contribution in [0.3, 0.4) is 0 Å². The van der Waals surface area contributed by atoms with Crippen molar-refractivity contribution in [3.05, 3.63) is 59.4 Å². The number of rotatable bonds is 6. The van der Waals surface area contributed by atoms with Crippen LogP contribution in [0, 0.1) is 5.82 Å². The quantitative estimate of drug-likeness (QED) is 0.701. The third-order valence-electron chi connectivity index (χ3n) is 6.71. The van der Waals surface area contributed by atoms with Crippen molar-refractivity contribution >= 4 is 15.9 Å². The van der Waals surface area contributed by atoms with Crippen LogP contribution in [-0.2, 0) is 15.6 Å². The van der Waals surface area contributed by atoms with Crippen LogP contribution in [0.4, 0.5) is 4.39 Å². The van der Waals surface area contributed by atoms with Gasteiger partial charge in [0.25, 0.3) is 5.91 Å². The van der Waals surface area contributed by atoms with Crippen molar-refractivity contribution in [2.45, 2.75) is 61.9 Å². The van der Waals surface area contributed by atoms with Gasteiger partial charge < -0.3 is 10.1 Å². The molecule has 8 heteroatoms. The number of nitrogens with one attached hydrogen (secondary N) is 1. The lowest BCUT2D eigenvalue weighted by atomic mass is 9.71. The Labute approximate surface area is 188 Å². The third kappa shape index (κ3) is 4.13. The molecule has 2 fully saturated rings. The minimum absolute atomic E-state index is 0.00541. The summed E-state index contributed by atoms with van der Waals surface area (Å²) in [5.74, 6) is -0.470. The van der Waals surface area contributed by atoms with E-state index in [9.17, 15) is 17.6 Å². The van der Waals surface area contributed by atoms with Gasteiger partial charge in [0.15, 0.2) is 0 Å². The highest BCUT2D eigenvalue weighted by molar-refractivity contribution is 7.89. The second-order valence-electron chi connectivity index (χ2n) is 8.72.